The average molecular weight is 383 g/mol. The van der Waals surface area contributed by atoms with E-state index in [2.05, 4.69) is 5.32 Å². The lowest BCUT2D eigenvalue weighted by molar-refractivity contribution is -0.126. The highest BCUT2D eigenvalue weighted by Gasteiger charge is 2.35. The smallest absolute Gasteiger partial charge is 0.303 e. The lowest BCUT2D eigenvalue weighted by Crippen LogP contribution is -2.50. The summed E-state index contributed by atoms with van der Waals surface area (Å²) < 4.78 is 41.4. The number of carbonyl (C=O) groups is 1. The fourth-order valence-corrected chi connectivity index (χ4v) is 5.18. The fraction of sp³-hybridized carbons (Fsp3) is 0.611. The number of carbonyl (C=O) groups excluding carboxylic acids is 1. The standard InChI is InChI=1S/C18H26FN3O3S/c1-21(17-10-8-15(19)9-11-17)26(24,25)22-12-4-5-14(13-22)18(23)20-16-6-2-3-7-16/h8-11,14,16H,2-7,12-13H2,1H3,(H,20,23)/t14-/m0/s1. The molecular weight excluding hydrogens is 357 g/mol. The summed E-state index contributed by atoms with van der Waals surface area (Å²) in [4.78, 5) is 12.5. The van der Waals surface area contributed by atoms with Crippen molar-refractivity contribution in [3.8, 4) is 0 Å². The zero-order valence-corrected chi connectivity index (χ0v) is 15.8. The maximum absolute atomic E-state index is 13.1. The first-order valence-corrected chi connectivity index (χ1v) is 10.6. The number of amides is 1. The van der Waals surface area contributed by atoms with Crippen LogP contribution in [0.4, 0.5) is 10.1 Å². The molecule has 2 aliphatic rings. The molecule has 0 radical (unpaired) electrons. The zero-order valence-electron chi connectivity index (χ0n) is 15.0. The molecule has 1 atom stereocenters. The molecule has 0 unspecified atom stereocenters. The molecule has 1 aromatic carbocycles. The second kappa shape index (κ2) is 7.92. The summed E-state index contributed by atoms with van der Waals surface area (Å²) in [5, 5.41) is 3.07. The van der Waals surface area contributed by atoms with E-state index in [4.69, 9.17) is 0 Å². The second-order valence-corrected chi connectivity index (χ2v) is 9.10. The first-order valence-electron chi connectivity index (χ1n) is 9.18. The summed E-state index contributed by atoms with van der Waals surface area (Å²) in [6.07, 6.45) is 5.64. The molecule has 1 saturated heterocycles. The van der Waals surface area contributed by atoms with Gasteiger partial charge in [-0.05, 0) is 49.9 Å². The van der Waals surface area contributed by atoms with Gasteiger partial charge in [-0.1, -0.05) is 12.8 Å². The first kappa shape index (κ1) is 19.1. The van der Waals surface area contributed by atoms with E-state index >= 15 is 0 Å². The van der Waals surface area contributed by atoms with Gasteiger partial charge in [0.25, 0.3) is 0 Å². The number of rotatable bonds is 5. The fourth-order valence-electron chi connectivity index (χ4n) is 3.71. The van der Waals surface area contributed by atoms with Crippen LogP contribution in [0, 0.1) is 11.7 Å². The third kappa shape index (κ3) is 4.17. The van der Waals surface area contributed by atoms with Crippen molar-refractivity contribution < 1.29 is 17.6 Å². The number of hydrogen-bond acceptors (Lipinski definition) is 3. The Morgan fingerprint density at radius 3 is 2.46 bits per heavy atom. The van der Waals surface area contributed by atoms with Gasteiger partial charge in [0.15, 0.2) is 0 Å². The molecule has 8 heteroatoms. The van der Waals surface area contributed by atoms with Crippen LogP contribution in [-0.4, -0.2) is 44.8 Å². The molecule has 2 fully saturated rings. The summed E-state index contributed by atoms with van der Waals surface area (Å²) in [5.41, 5.74) is 0.393. The zero-order chi connectivity index (χ0) is 18.7. The van der Waals surface area contributed by atoms with E-state index in [1.54, 1.807) is 0 Å². The van der Waals surface area contributed by atoms with E-state index in [1.807, 2.05) is 0 Å². The normalized spacial score (nSPS) is 22.3. The number of anilines is 1. The van der Waals surface area contributed by atoms with Gasteiger partial charge in [-0.25, -0.2) is 4.39 Å². The number of nitrogens with zero attached hydrogens (tertiary/aromatic N) is 2. The van der Waals surface area contributed by atoms with Crippen molar-refractivity contribution in [3.63, 3.8) is 0 Å². The van der Waals surface area contributed by atoms with Crippen LogP contribution in [0.1, 0.15) is 38.5 Å². The topological polar surface area (TPSA) is 69.7 Å². The van der Waals surface area contributed by atoms with Gasteiger partial charge >= 0.3 is 10.2 Å². The number of benzene rings is 1. The van der Waals surface area contributed by atoms with E-state index in [0.29, 0.717) is 25.1 Å². The predicted molar refractivity (Wildman–Crippen MR) is 98.4 cm³/mol. The summed E-state index contributed by atoms with van der Waals surface area (Å²) in [6.45, 7) is 0.577. The van der Waals surface area contributed by atoms with Crippen LogP contribution in [0.15, 0.2) is 24.3 Å². The van der Waals surface area contributed by atoms with Crippen molar-refractivity contribution in [1.29, 1.82) is 0 Å². The monoisotopic (exact) mass is 383 g/mol. The quantitative estimate of drug-likeness (QED) is 0.848. The molecule has 6 nitrogen and oxygen atoms in total. The van der Waals surface area contributed by atoms with E-state index in [0.717, 1.165) is 30.0 Å². The third-order valence-corrected chi connectivity index (χ3v) is 7.21. The number of nitrogens with one attached hydrogen (secondary N) is 1. The molecule has 1 aliphatic carbocycles. The van der Waals surface area contributed by atoms with Crippen LogP contribution in [-0.2, 0) is 15.0 Å². The van der Waals surface area contributed by atoms with Crippen molar-refractivity contribution in [2.45, 2.75) is 44.6 Å². The molecule has 144 valence electrons. The molecule has 1 N–H and O–H groups in total. The third-order valence-electron chi connectivity index (χ3n) is 5.32. The minimum Gasteiger partial charge on any atom is -0.353 e. The predicted octanol–water partition coefficient (Wildman–Crippen LogP) is 2.28. The molecule has 1 heterocycles. The second-order valence-electron chi connectivity index (χ2n) is 7.14. The Labute approximate surface area is 154 Å². The molecule has 1 saturated carbocycles. The van der Waals surface area contributed by atoms with Crippen molar-refractivity contribution in [1.82, 2.24) is 9.62 Å². The molecule has 0 bridgehead atoms. The highest BCUT2D eigenvalue weighted by atomic mass is 32.2. The highest BCUT2D eigenvalue weighted by Crippen LogP contribution is 2.25. The number of halogens is 1. The summed E-state index contributed by atoms with van der Waals surface area (Å²) in [6, 6.07) is 5.56. The van der Waals surface area contributed by atoms with Gasteiger partial charge in [-0.2, -0.15) is 12.7 Å². The molecule has 1 amide bonds. The van der Waals surface area contributed by atoms with Gasteiger partial charge in [-0.15, -0.1) is 0 Å². The first-order chi connectivity index (χ1) is 12.4. The Hall–Kier alpha value is -1.67. The summed E-state index contributed by atoms with van der Waals surface area (Å²) in [5.74, 6) is -0.775. The maximum atomic E-state index is 13.1. The van der Waals surface area contributed by atoms with Crippen LogP contribution in [0.3, 0.4) is 0 Å². The Bertz CT molecular complexity index is 733. The van der Waals surface area contributed by atoms with Crippen LogP contribution in [0.2, 0.25) is 0 Å². The van der Waals surface area contributed by atoms with Crippen molar-refractivity contribution >= 4 is 21.8 Å². The largest absolute Gasteiger partial charge is 0.353 e. The summed E-state index contributed by atoms with van der Waals surface area (Å²) >= 11 is 0. The average Bonchev–Trinajstić information content (AvgIpc) is 3.15. The van der Waals surface area contributed by atoms with Gasteiger partial charge in [0, 0.05) is 26.2 Å². The maximum Gasteiger partial charge on any atom is 0.303 e. The van der Waals surface area contributed by atoms with Crippen LogP contribution in [0.5, 0.6) is 0 Å². The Morgan fingerprint density at radius 2 is 1.81 bits per heavy atom. The highest BCUT2D eigenvalue weighted by molar-refractivity contribution is 7.90. The molecule has 0 aromatic heterocycles. The molecule has 0 spiro atoms. The number of hydrogen-bond donors (Lipinski definition) is 1. The van der Waals surface area contributed by atoms with Crippen LogP contribution < -0.4 is 9.62 Å². The minimum absolute atomic E-state index is 0.0405. The van der Waals surface area contributed by atoms with Crippen molar-refractivity contribution in [2.24, 2.45) is 5.92 Å². The van der Waals surface area contributed by atoms with E-state index in [-0.39, 0.29) is 24.4 Å². The lowest BCUT2D eigenvalue weighted by atomic mass is 9.98. The number of piperidine rings is 1. The Balaban J connectivity index is 1.67. The Morgan fingerprint density at radius 1 is 1.15 bits per heavy atom. The van der Waals surface area contributed by atoms with Gasteiger partial charge in [0.1, 0.15) is 5.82 Å². The van der Waals surface area contributed by atoms with E-state index in [1.165, 1.54) is 35.6 Å². The SMILES string of the molecule is CN(c1ccc(F)cc1)S(=O)(=O)N1CCC[C@H](C(=O)NC2CCCC2)C1. The molecule has 26 heavy (non-hydrogen) atoms. The van der Waals surface area contributed by atoms with Gasteiger partial charge in [-0.3, -0.25) is 9.10 Å². The van der Waals surface area contributed by atoms with Crippen molar-refractivity contribution in [3.05, 3.63) is 30.1 Å². The van der Waals surface area contributed by atoms with Crippen LogP contribution >= 0.6 is 0 Å². The molecular formula is C18H26FN3O3S. The molecule has 3 rings (SSSR count). The minimum atomic E-state index is -3.76. The summed E-state index contributed by atoms with van der Waals surface area (Å²) in [7, 11) is -2.31. The molecule has 1 aliphatic heterocycles. The van der Waals surface area contributed by atoms with Gasteiger partial charge in [0.05, 0.1) is 11.6 Å². The van der Waals surface area contributed by atoms with E-state index in [9.17, 15) is 17.6 Å². The van der Waals surface area contributed by atoms with Crippen LogP contribution in [0.25, 0.3) is 0 Å². The Kier molecular flexibility index (Phi) is 5.82. The van der Waals surface area contributed by atoms with Gasteiger partial charge < -0.3 is 5.32 Å². The lowest BCUT2D eigenvalue weighted by Gasteiger charge is -2.34. The van der Waals surface area contributed by atoms with Crippen molar-refractivity contribution in [2.75, 3.05) is 24.4 Å². The molecule has 1 aromatic rings. The van der Waals surface area contributed by atoms with E-state index < -0.39 is 16.0 Å². The van der Waals surface area contributed by atoms with Gasteiger partial charge in [0.2, 0.25) is 5.91 Å².